The Morgan fingerprint density at radius 3 is 2.48 bits per heavy atom. The molecule has 2 heterocycles. The van der Waals surface area contributed by atoms with Crippen molar-refractivity contribution in [2.24, 2.45) is 0 Å². The molecule has 4 nitrogen and oxygen atoms in total. The van der Waals surface area contributed by atoms with Crippen molar-refractivity contribution in [3.63, 3.8) is 0 Å². The fourth-order valence-corrected chi connectivity index (χ4v) is 3.31. The second-order valence-electron chi connectivity index (χ2n) is 6.26. The first-order valence-corrected chi connectivity index (χ1v) is 8.41. The van der Waals surface area contributed by atoms with Crippen LogP contribution in [-0.4, -0.2) is 54.1 Å². The number of piperazine rings is 1. The average molecular weight is 331 g/mol. The fraction of sp³-hybridized carbons (Fsp3) is 0.667. The highest BCUT2D eigenvalue weighted by atomic mass is 35.5. The lowest BCUT2D eigenvalue weighted by Gasteiger charge is -2.35. The van der Waals surface area contributed by atoms with Gasteiger partial charge in [0.05, 0.1) is 9.94 Å². The first-order chi connectivity index (χ1) is 9.83. The van der Waals surface area contributed by atoms with Crippen LogP contribution in [0.2, 0.25) is 4.34 Å². The standard InChI is InChI=1S/C15H23ClN2O2S/c1-15(2,3)20-11-14(19)18-8-6-17(7-9-18)10-12-4-5-13(16)21-12/h4-5H,6-11H2,1-3H3. The average Bonchev–Trinajstić information content (AvgIpc) is 2.81. The molecule has 6 heteroatoms. The molecule has 1 aromatic rings. The number of thiophene rings is 1. The number of halogens is 1. The number of amides is 1. The summed E-state index contributed by atoms with van der Waals surface area (Å²) in [6.07, 6.45) is 0. The zero-order valence-corrected chi connectivity index (χ0v) is 14.5. The molecule has 1 saturated heterocycles. The molecule has 1 aliphatic heterocycles. The van der Waals surface area contributed by atoms with Crippen molar-refractivity contribution in [2.45, 2.75) is 32.9 Å². The Labute approximate surface area is 135 Å². The molecule has 0 unspecified atom stereocenters. The highest BCUT2D eigenvalue weighted by molar-refractivity contribution is 7.16. The number of rotatable bonds is 4. The number of ether oxygens (including phenoxy) is 1. The van der Waals surface area contributed by atoms with E-state index in [1.165, 1.54) is 4.88 Å². The summed E-state index contributed by atoms with van der Waals surface area (Å²) in [5.74, 6) is 0.0868. The zero-order chi connectivity index (χ0) is 15.5. The smallest absolute Gasteiger partial charge is 0.248 e. The van der Waals surface area contributed by atoms with Gasteiger partial charge in [0.2, 0.25) is 5.91 Å². The number of nitrogens with zero attached hydrogens (tertiary/aromatic N) is 2. The van der Waals surface area contributed by atoms with Crippen LogP contribution in [0.3, 0.4) is 0 Å². The molecule has 1 amide bonds. The van der Waals surface area contributed by atoms with Gasteiger partial charge in [0, 0.05) is 37.6 Å². The van der Waals surface area contributed by atoms with Crippen molar-refractivity contribution in [1.82, 2.24) is 9.80 Å². The summed E-state index contributed by atoms with van der Waals surface area (Å²) >= 11 is 7.57. The van der Waals surface area contributed by atoms with Crippen LogP contribution in [0.4, 0.5) is 0 Å². The van der Waals surface area contributed by atoms with Gasteiger partial charge in [0.15, 0.2) is 0 Å². The SMILES string of the molecule is CC(C)(C)OCC(=O)N1CCN(Cc2ccc(Cl)s2)CC1. The van der Waals surface area contributed by atoms with E-state index in [1.807, 2.05) is 31.7 Å². The Balaban J connectivity index is 1.74. The quantitative estimate of drug-likeness (QED) is 0.851. The van der Waals surface area contributed by atoms with Crippen molar-refractivity contribution in [2.75, 3.05) is 32.8 Å². The van der Waals surface area contributed by atoms with Gasteiger partial charge in [-0.2, -0.15) is 0 Å². The maximum atomic E-state index is 12.1. The summed E-state index contributed by atoms with van der Waals surface area (Å²) in [6.45, 7) is 10.3. The van der Waals surface area contributed by atoms with Gasteiger partial charge >= 0.3 is 0 Å². The largest absolute Gasteiger partial charge is 0.366 e. The first-order valence-electron chi connectivity index (χ1n) is 7.22. The Morgan fingerprint density at radius 1 is 1.29 bits per heavy atom. The summed E-state index contributed by atoms with van der Waals surface area (Å²) in [7, 11) is 0. The third kappa shape index (κ3) is 5.58. The normalized spacial score (nSPS) is 17.2. The van der Waals surface area contributed by atoms with Crippen molar-refractivity contribution >= 4 is 28.8 Å². The first kappa shape index (κ1) is 16.7. The van der Waals surface area contributed by atoms with E-state index in [9.17, 15) is 4.79 Å². The highest BCUT2D eigenvalue weighted by Gasteiger charge is 2.23. The molecule has 0 bridgehead atoms. The van der Waals surface area contributed by atoms with Crippen LogP contribution < -0.4 is 0 Å². The van der Waals surface area contributed by atoms with Crippen LogP contribution in [0.1, 0.15) is 25.6 Å². The number of carbonyl (C=O) groups is 1. The van der Waals surface area contributed by atoms with Crippen molar-refractivity contribution < 1.29 is 9.53 Å². The van der Waals surface area contributed by atoms with Gasteiger partial charge in [-0.3, -0.25) is 9.69 Å². The van der Waals surface area contributed by atoms with Gasteiger partial charge in [-0.05, 0) is 32.9 Å². The van der Waals surface area contributed by atoms with Crippen LogP contribution in [0.25, 0.3) is 0 Å². The van der Waals surface area contributed by atoms with E-state index in [4.69, 9.17) is 16.3 Å². The van der Waals surface area contributed by atoms with E-state index in [-0.39, 0.29) is 18.1 Å². The van der Waals surface area contributed by atoms with Gasteiger partial charge in [0.1, 0.15) is 6.61 Å². The van der Waals surface area contributed by atoms with Crippen molar-refractivity contribution in [3.05, 3.63) is 21.3 Å². The summed E-state index contributed by atoms with van der Waals surface area (Å²) in [6, 6.07) is 4.01. The van der Waals surface area contributed by atoms with Crippen molar-refractivity contribution in [1.29, 1.82) is 0 Å². The lowest BCUT2D eigenvalue weighted by Crippen LogP contribution is -2.49. The van der Waals surface area contributed by atoms with Crippen LogP contribution in [0.5, 0.6) is 0 Å². The minimum Gasteiger partial charge on any atom is -0.366 e. The third-order valence-corrected chi connectivity index (χ3v) is 4.58. The molecular weight excluding hydrogens is 308 g/mol. The number of carbonyl (C=O) groups excluding carboxylic acids is 1. The molecule has 0 N–H and O–H groups in total. The van der Waals surface area contributed by atoms with Crippen LogP contribution in [0.15, 0.2) is 12.1 Å². The second kappa shape index (κ2) is 7.09. The van der Waals surface area contributed by atoms with E-state index in [0.29, 0.717) is 0 Å². The molecule has 1 aliphatic rings. The number of hydrogen-bond donors (Lipinski definition) is 0. The fourth-order valence-electron chi connectivity index (χ4n) is 2.18. The number of hydrogen-bond acceptors (Lipinski definition) is 4. The maximum Gasteiger partial charge on any atom is 0.248 e. The van der Waals surface area contributed by atoms with Gasteiger partial charge in [-0.1, -0.05) is 11.6 Å². The van der Waals surface area contributed by atoms with Crippen LogP contribution >= 0.6 is 22.9 Å². The van der Waals surface area contributed by atoms with Crippen molar-refractivity contribution in [3.8, 4) is 0 Å². The molecule has 21 heavy (non-hydrogen) atoms. The van der Waals surface area contributed by atoms with E-state index < -0.39 is 0 Å². The van der Waals surface area contributed by atoms with E-state index >= 15 is 0 Å². The lowest BCUT2D eigenvalue weighted by atomic mass is 10.2. The summed E-state index contributed by atoms with van der Waals surface area (Å²) in [4.78, 5) is 17.6. The predicted molar refractivity (Wildman–Crippen MR) is 86.9 cm³/mol. The molecule has 118 valence electrons. The predicted octanol–water partition coefficient (Wildman–Crippen LogP) is 2.86. The molecule has 1 fully saturated rings. The Kier molecular flexibility index (Phi) is 5.66. The summed E-state index contributed by atoms with van der Waals surface area (Å²) < 4.78 is 6.38. The van der Waals surface area contributed by atoms with Gasteiger partial charge in [-0.25, -0.2) is 0 Å². The zero-order valence-electron chi connectivity index (χ0n) is 12.9. The summed E-state index contributed by atoms with van der Waals surface area (Å²) in [5, 5.41) is 0. The molecule has 1 aromatic heterocycles. The third-order valence-electron chi connectivity index (χ3n) is 3.36. The topological polar surface area (TPSA) is 32.8 Å². The minimum atomic E-state index is -0.268. The summed E-state index contributed by atoms with van der Waals surface area (Å²) in [5.41, 5.74) is -0.268. The molecule has 0 saturated carbocycles. The highest BCUT2D eigenvalue weighted by Crippen LogP contribution is 2.23. The maximum absolute atomic E-state index is 12.1. The molecule has 0 radical (unpaired) electrons. The van der Waals surface area contributed by atoms with Crippen LogP contribution in [0, 0.1) is 0 Å². The molecule has 0 aromatic carbocycles. The Bertz CT molecular complexity index is 476. The van der Waals surface area contributed by atoms with E-state index in [2.05, 4.69) is 11.0 Å². The van der Waals surface area contributed by atoms with Gasteiger partial charge < -0.3 is 9.64 Å². The molecule has 0 aliphatic carbocycles. The molecule has 0 spiro atoms. The lowest BCUT2D eigenvalue weighted by molar-refractivity contribution is -0.142. The van der Waals surface area contributed by atoms with E-state index in [1.54, 1.807) is 11.3 Å². The Morgan fingerprint density at radius 2 is 1.95 bits per heavy atom. The van der Waals surface area contributed by atoms with Gasteiger partial charge in [-0.15, -0.1) is 11.3 Å². The molecular formula is C15H23ClN2O2S. The minimum absolute atomic E-state index is 0.0868. The second-order valence-corrected chi connectivity index (χ2v) is 8.06. The van der Waals surface area contributed by atoms with Gasteiger partial charge in [0.25, 0.3) is 0 Å². The molecule has 2 rings (SSSR count). The monoisotopic (exact) mass is 330 g/mol. The Hall–Kier alpha value is -0.620. The van der Waals surface area contributed by atoms with E-state index in [0.717, 1.165) is 37.1 Å². The van der Waals surface area contributed by atoms with Crippen LogP contribution in [-0.2, 0) is 16.1 Å². The molecule has 0 atom stereocenters.